The molecule has 1 atom stereocenters. The lowest BCUT2D eigenvalue weighted by molar-refractivity contribution is -0.137. The van der Waals surface area contributed by atoms with E-state index in [0.29, 0.717) is 5.33 Å². The Kier molecular flexibility index (Phi) is 5.70. The third kappa shape index (κ3) is 5.12. The van der Waals surface area contributed by atoms with Gasteiger partial charge in [0.25, 0.3) is 0 Å². The van der Waals surface area contributed by atoms with Crippen LogP contribution in [0.2, 0.25) is 0 Å². The molecule has 4 nitrogen and oxygen atoms in total. The number of hydrogen-bond donors (Lipinski definition) is 2. The molecule has 0 aliphatic rings. The monoisotopic (exact) mass is 237 g/mol. The van der Waals surface area contributed by atoms with E-state index in [9.17, 15) is 9.59 Å². The lowest BCUT2D eigenvalue weighted by atomic mass is 10.2. The fraction of sp³-hybridized carbons (Fsp3) is 0.714. The van der Waals surface area contributed by atoms with Gasteiger partial charge in [0.05, 0.1) is 6.42 Å². The molecule has 70 valence electrons. The Labute approximate surface area is 79.5 Å². The summed E-state index contributed by atoms with van der Waals surface area (Å²) in [6, 6.07) is 0. The number of alkyl halides is 1. The predicted molar refractivity (Wildman–Crippen MR) is 48.2 cm³/mol. The average Bonchev–Trinajstić information content (AvgIpc) is 2.02. The molecule has 0 fully saturated rings. The van der Waals surface area contributed by atoms with Crippen LogP contribution in [0.25, 0.3) is 0 Å². The van der Waals surface area contributed by atoms with Gasteiger partial charge in [-0.25, -0.2) is 0 Å². The van der Waals surface area contributed by atoms with Gasteiger partial charge in [-0.2, -0.15) is 0 Å². The maximum atomic E-state index is 11.0. The largest absolute Gasteiger partial charge is 0.481 e. The zero-order chi connectivity index (χ0) is 9.56. The lowest BCUT2D eigenvalue weighted by Crippen LogP contribution is -2.31. The first-order chi connectivity index (χ1) is 5.57. The minimum absolute atomic E-state index is 0.0270. The number of halogens is 1. The number of carbonyl (C=O) groups excluding carboxylic acids is 1. The second kappa shape index (κ2) is 5.99. The Balaban J connectivity index is 3.50. The Hall–Kier alpha value is -0.580. The highest BCUT2D eigenvalue weighted by Crippen LogP contribution is 1.98. The van der Waals surface area contributed by atoms with Crippen molar-refractivity contribution in [1.29, 1.82) is 0 Å². The van der Waals surface area contributed by atoms with E-state index in [1.807, 2.05) is 0 Å². The van der Waals surface area contributed by atoms with Gasteiger partial charge in [0, 0.05) is 17.8 Å². The number of hydrogen-bond acceptors (Lipinski definition) is 2. The van der Waals surface area contributed by atoms with Gasteiger partial charge in [-0.1, -0.05) is 22.9 Å². The third-order valence-corrected chi connectivity index (χ3v) is 2.29. The molecule has 0 saturated carbocycles. The summed E-state index contributed by atoms with van der Waals surface area (Å²) in [5, 5.41) is 11.4. The quantitative estimate of drug-likeness (QED) is 0.689. The summed E-state index contributed by atoms with van der Waals surface area (Å²) in [6.07, 6.45) is -0.0270. The Morgan fingerprint density at radius 3 is 2.58 bits per heavy atom. The van der Waals surface area contributed by atoms with Gasteiger partial charge in [-0.3, -0.25) is 9.59 Å². The van der Waals surface area contributed by atoms with Crippen LogP contribution in [0, 0.1) is 5.92 Å². The van der Waals surface area contributed by atoms with Crippen molar-refractivity contribution >= 4 is 27.8 Å². The predicted octanol–water partition coefficient (Wildman–Crippen LogP) is 0.608. The molecule has 0 saturated heterocycles. The number of carbonyl (C=O) groups is 2. The van der Waals surface area contributed by atoms with Gasteiger partial charge in [0.2, 0.25) is 5.91 Å². The van der Waals surface area contributed by atoms with Crippen LogP contribution in [-0.2, 0) is 9.59 Å². The van der Waals surface area contributed by atoms with E-state index in [1.54, 1.807) is 6.92 Å². The number of amides is 1. The van der Waals surface area contributed by atoms with E-state index in [0.717, 1.165) is 0 Å². The molecule has 2 N–H and O–H groups in total. The summed E-state index contributed by atoms with van der Waals surface area (Å²) >= 11 is 3.16. The van der Waals surface area contributed by atoms with E-state index >= 15 is 0 Å². The van der Waals surface area contributed by atoms with Crippen LogP contribution in [0.5, 0.6) is 0 Å². The molecule has 0 spiro atoms. The highest BCUT2D eigenvalue weighted by molar-refractivity contribution is 9.09. The molecule has 0 aliphatic heterocycles. The van der Waals surface area contributed by atoms with Crippen molar-refractivity contribution in [3.63, 3.8) is 0 Å². The Morgan fingerprint density at radius 2 is 2.17 bits per heavy atom. The minimum atomic E-state index is -0.901. The summed E-state index contributed by atoms with van der Waals surface area (Å²) in [6.45, 7) is 1.97. The normalized spacial score (nSPS) is 12.2. The van der Waals surface area contributed by atoms with Gasteiger partial charge in [0.1, 0.15) is 0 Å². The molecule has 0 aromatic heterocycles. The molecule has 0 aromatic rings. The molecule has 0 aliphatic carbocycles. The first-order valence-electron chi connectivity index (χ1n) is 3.63. The summed E-state index contributed by atoms with van der Waals surface area (Å²) in [5.74, 6) is -1.13. The molecule has 0 radical (unpaired) electrons. The molecule has 0 bridgehead atoms. The minimum Gasteiger partial charge on any atom is -0.481 e. The SMILES string of the molecule is CC(CBr)C(=O)NCCC(=O)O. The number of carboxylic acid groups (broad SMARTS) is 1. The van der Waals surface area contributed by atoms with E-state index in [2.05, 4.69) is 21.2 Å². The van der Waals surface area contributed by atoms with Gasteiger partial charge in [-0.05, 0) is 0 Å². The van der Waals surface area contributed by atoms with Crippen LogP contribution in [0.1, 0.15) is 13.3 Å². The van der Waals surface area contributed by atoms with Gasteiger partial charge < -0.3 is 10.4 Å². The first-order valence-corrected chi connectivity index (χ1v) is 4.75. The van der Waals surface area contributed by atoms with Crippen molar-refractivity contribution < 1.29 is 14.7 Å². The first kappa shape index (κ1) is 11.4. The van der Waals surface area contributed by atoms with Crippen LogP contribution < -0.4 is 5.32 Å². The van der Waals surface area contributed by atoms with E-state index < -0.39 is 5.97 Å². The van der Waals surface area contributed by atoms with Crippen LogP contribution in [-0.4, -0.2) is 28.9 Å². The van der Waals surface area contributed by atoms with Crippen LogP contribution in [0.3, 0.4) is 0 Å². The number of carboxylic acids is 1. The zero-order valence-corrected chi connectivity index (χ0v) is 8.43. The fourth-order valence-electron chi connectivity index (χ4n) is 0.537. The molecular weight excluding hydrogens is 226 g/mol. The highest BCUT2D eigenvalue weighted by Gasteiger charge is 2.10. The number of nitrogens with one attached hydrogen (secondary N) is 1. The third-order valence-electron chi connectivity index (χ3n) is 1.32. The Bertz CT molecular complexity index is 172. The fourth-order valence-corrected chi connectivity index (χ4v) is 0.831. The molecule has 0 rings (SSSR count). The number of rotatable bonds is 5. The summed E-state index contributed by atoms with van der Waals surface area (Å²) in [7, 11) is 0. The van der Waals surface area contributed by atoms with Crippen molar-refractivity contribution in [2.75, 3.05) is 11.9 Å². The molecular formula is C7H12BrNO3. The second-order valence-electron chi connectivity index (χ2n) is 2.49. The highest BCUT2D eigenvalue weighted by atomic mass is 79.9. The van der Waals surface area contributed by atoms with Crippen LogP contribution >= 0.6 is 15.9 Å². The molecule has 0 aromatic carbocycles. The average molecular weight is 238 g/mol. The second-order valence-corrected chi connectivity index (χ2v) is 3.14. The molecule has 0 heterocycles. The van der Waals surface area contributed by atoms with E-state index in [1.165, 1.54) is 0 Å². The van der Waals surface area contributed by atoms with Crippen LogP contribution in [0.15, 0.2) is 0 Å². The standard InChI is InChI=1S/C7H12BrNO3/c1-5(4-8)7(12)9-3-2-6(10)11/h5H,2-4H2,1H3,(H,9,12)(H,10,11). The van der Waals surface area contributed by atoms with Crippen molar-refractivity contribution in [1.82, 2.24) is 5.32 Å². The van der Waals surface area contributed by atoms with Crippen molar-refractivity contribution in [3.8, 4) is 0 Å². The molecule has 5 heteroatoms. The van der Waals surface area contributed by atoms with Gasteiger partial charge in [-0.15, -0.1) is 0 Å². The molecule has 12 heavy (non-hydrogen) atoms. The number of aliphatic carboxylic acids is 1. The maximum absolute atomic E-state index is 11.0. The molecule has 1 amide bonds. The summed E-state index contributed by atoms with van der Waals surface area (Å²) < 4.78 is 0. The van der Waals surface area contributed by atoms with E-state index in [4.69, 9.17) is 5.11 Å². The van der Waals surface area contributed by atoms with Gasteiger partial charge in [0.15, 0.2) is 0 Å². The zero-order valence-electron chi connectivity index (χ0n) is 6.84. The Morgan fingerprint density at radius 1 is 1.58 bits per heavy atom. The maximum Gasteiger partial charge on any atom is 0.305 e. The lowest BCUT2D eigenvalue weighted by Gasteiger charge is -2.07. The van der Waals surface area contributed by atoms with E-state index in [-0.39, 0.29) is 24.8 Å². The van der Waals surface area contributed by atoms with Crippen molar-refractivity contribution in [2.24, 2.45) is 5.92 Å². The summed E-state index contributed by atoms with van der Waals surface area (Å²) in [5.41, 5.74) is 0. The smallest absolute Gasteiger partial charge is 0.305 e. The van der Waals surface area contributed by atoms with Crippen LogP contribution in [0.4, 0.5) is 0 Å². The topological polar surface area (TPSA) is 66.4 Å². The molecule has 1 unspecified atom stereocenters. The van der Waals surface area contributed by atoms with Crippen molar-refractivity contribution in [2.45, 2.75) is 13.3 Å². The van der Waals surface area contributed by atoms with Gasteiger partial charge >= 0.3 is 5.97 Å². The summed E-state index contributed by atoms with van der Waals surface area (Å²) in [4.78, 5) is 21.1. The van der Waals surface area contributed by atoms with Crippen molar-refractivity contribution in [3.05, 3.63) is 0 Å².